The number of ketones is 1. The summed E-state index contributed by atoms with van der Waals surface area (Å²) in [7, 11) is 0. The third kappa shape index (κ3) is 3.98. The van der Waals surface area contributed by atoms with E-state index in [-0.39, 0.29) is 11.3 Å². The minimum Gasteiger partial charge on any atom is -0.330 e. The standard InChI is InChI=1S/C19H14ClF3N2O2/c1-10-15(17(26)11-5-7-14(20)8-6-11)16(25-18(27)24-10)12-3-2-4-13(9-12)19(21,22)23/h2-9,15-16H,1H2,(H2,24,25,27)/t15-,16+/m1/s1. The molecule has 1 saturated heterocycles. The Morgan fingerprint density at radius 2 is 1.78 bits per heavy atom. The number of alkyl halides is 3. The number of hydrogen-bond donors (Lipinski definition) is 2. The van der Waals surface area contributed by atoms with Crippen molar-refractivity contribution in [3.05, 3.63) is 82.5 Å². The van der Waals surface area contributed by atoms with E-state index in [2.05, 4.69) is 17.2 Å². The first-order valence-electron chi connectivity index (χ1n) is 7.90. The Kier molecular flexibility index (Phi) is 4.97. The molecule has 2 amide bonds. The van der Waals surface area contributed by atoms with Gasteiger partial charge in [-0.1, -0.05) is 30.3 Å². The van der Waals surface area contributed by atoms with Crippen molar-refractivity contribution in [2.75, 3.05) is 0 Å². The quantitative estimate of drug-likeness (QED) is 0.740. The first kappa shape index (κ1) is 19.0. The predicted octanol–water partition coefficient (Wildman–Crippen LogP) is 4.73. The molecule has 0 bridgehead atoms. The molecule has 1 fully saturated rings. The molecule has 2 aromatic carbocycles. The molecular formula is C19H14ClF3N2O2. The topological polar surface area (TPSA) is 58.2 Å². The molecule has 1 heterocycles. The van der Waals surface area contributed by atoms with Gasteiger partial charge in [0, 0.05) is 16.3 Å². The lowest BCUT2D eigenvalue weighted by molar-refractivity contribution is -0.137. The molecule has 0 aromatic heterocycles. The molecule has 0 saturated carbocycles. The van der Waals surface area contributed by atoms with Gasteiger partial charge in [0.1, 0.15) is 0 Å². The summed E-state index contributed by atoms with van der Waals surface area (Å²) < 4.78 is 39.2. The summed E-state index contributed by atoms with van der Waals surface area (Å²) in [5.74, 6) is -1.38. The van der Waals surface area contributed by atoms with Crippen LogP contribution in [0, 0.1) is 5.92 Å². The molecular weight excluding hydrogens is 381 g/mol. The van der Waals surface area contributed by atoms with Gasteiger partial charge in [-0.2, -0.15) is 13.2 Å². The average Bonchev–Trinajstić information content (AvgIpc) is 2.60. The highest BCUT2D eigenvalue weighted by Gasteiger charge is 2.39. The second-order valence-corrected chi connectivity index (χ2v) is 6.51. The van der Waals surface area contributed by atoms with Crippen LogP contribution in [0.5, 0.6) is 0 Å². The first-order chi connectivity index (χ1) is 12.7. The van der Waals surface area contributed by atoms with Crippen LogP contribution in [-0.4, -0.2) is 11.8 Å². The zero-order chi connectivity index (χ0) is 19.8. The van der Waals surface area contributed by atoms with Crippen LogP contribution in [0.15, 0.2) is 60.8 Å². The van der Waals surface area contributed by atoms with Gasteiger partial charge in [0.2, 0.25) is 0 Å². The van der Waals surface area contributed by atoms with Crippen LogP contribution in [0.3, 0.4) is 0 Å². The van der Waals surface area contributed by atoms with Crippen molar-refractivity contribution < 1.29 is 22.8 Å². The second kappa shape index (κ2) is 7.08. The third-order valence-corrected chi connectivity index (χ3v) is 4.51. The number of carbonyl (C=O) groups is 2. The number of halogens is 4. The van der Waals surface area contributed by atoms with Crippen molar-refractivity contribution in [2.45, 2.75) is 12.2 Å². The molecule has 4 nitrogen and oxygen atoms in total. The molecule has 3 rings (SSSR count). The average molecular weight is 395 g/mol. The van der Waals surface area contributed by atoms with Crippen molar-refractivity contribution in [3.8, 4) is 0 Å². The number of carbonyl (C=O) groups excluding carboxylic acids is 2. The fraction of sp³-hybridized carbons (Fsp3) is 0.158. The van der Waals surface area contributed by atoms with Crippen molar-refractivity contribution in [1.82, 2.24) is 10.6 Å². The molecule has 0 spiro atoms. The number of rotatable bonds is 3. The SMILES string of the molecule is C=C1NC(=O)N[C@@H](c2cccc(C(F)(F)F)c2)[C@@H]1C(=O)c1ccc(Cl)cc1. The molecule has 0 aliphatic carbocycles. The zero-order valence-corrected chi connectivity index (χ0v) is 14.6. The highest BCUT2D eigenvalue weighted by molar-refractivity contribution is 6.30. The number of amides is 2. The minimum atomic E-state index is -4.54. The Hall–Kier alpha value is -2.80. The Morgan fingerprint density at radius 3 is 2.41 bits per heavy atom. The molecule has 8 heteroatoms. The zero-order valence-electron chi connectivity index (χ0n) is 13.8. The summed E-state index contributed by atoms with van der Waals surface area (Å²) in [6, 6.07) is 8.98. The fourth-order valence-corrected chi connectivity index (χ4v) is 3.10. The first-order valence-corrected chi connectivity index (χ1v) is 8.28. The van der Waals surface area contributed by atoms with E-state index in [0.717, 1.165) is 12.1 Å². The van der Waals surface area contributed by atoms with Crippen molar-refractivity contribution >= 4 is 23.4 Å². The molecule has 0 unspecified atom stereocenters. The lowest BCUT2D eigenvalue weighted by atomic mass is 9.83. The van der Waals surface area contributed by atoms with E-state index in [1.165, 1.54) is 36.4 Å². The number of benzene rings is 2. The largest absolute Gasteiger partial charge is 0.416 e. The van der Waals surface area contributed by atoms with Gasteiger partial charge in [0.15, 0.2) is 5.78 Å². The van der Waals surface area contributed by atoms with Gasteiger partial charge in [-0.25, -0.2) is 4.79 Å². The van der Waals surface area contributed by atoms with E-state index in [1.54, 1.807) is 0 Å². The fourth-order valence-electron chi connectivity index (χ4n) is 2.97. The van der Waals surface area contributed by atoms with Gasteiger partial charge in [0.25, 0.3) is 0 Å². The molecule has 2 atom stereocenters. The van der Waals surface area contributed by atoms with Gasteiger partial charge in [-0.05, 0) is 42.0 Å². The molecule has 0 radical (unpaired) electrons. The summed E-state index contributed by atoms with van der Waals surface area (Å²) in [5.41, 5.74) is -0.286. The highest BCUT2D eigenvalue weighted by atomic mass is 35.5. The van der Waals surface area contributed by atoms with E-state index < -0.39 is 35.5 Å². The van der Waals surface area contributed by atoms with Gasteiger partial charge in [-0.15, -0.1) is 0 Å². The third-order valence-electron chi connectivity index (χ3n) is 4.25. The summed E-state index contributed by atoms with van der Waals surface area (Å²) in [4.78, 5) is 24.8. The van der Waals surface area contributed by atoms with Crippen molar-refractivity contribution in [1.29, 1.82) is 0 Å². The minimum absolute atomic E-state index is 0.112. The number of Topliss-reactive ketones (excluding diaryl/α,β-unsaturated/α-hetero) is 1. The van der Waals surface area contributed by atoms with E-state index in [0.29, 0.717) is 10.6 Å². The molecule has 2 N–H and O–H groups in total. The van der Waals surface area contributed by atoms with Crippen LogP contribution in [0.2, 0.25) is 5.02 Å². The molecule has 27 heavy (non-hydrogen) atoms. The van der Waals surface area contributed by atoms with Gasteiger partial charge >= 0.3 is 12.2 Å². The number of hydrogen-bond acceptors (Lipinski definition) is 2. The summed E-state index contributed by atoms with van der Waals surface area (Å²) in [6.07, 6.45) is -4.54. The van der Waals surface area contributed by atoms with Gasteiger partial charge in [0.05, 0.1) is 17.5 Å². The van der Waals surface area contributed by atoms with E-state index in [4.69, 9.17) is 11.6 Å². The molecule has 140 valence electrons. The van der Waals surface area contributed by atoms with Crippen LogP contribution in [0.1, 0.15) is 27.5 Å². The lowest BCUT2D eigenvalue weighted by Gasteiger charge is -2.34. The molecule has 1 aliphatic heterocycles. The van der Waals surface area contributed by atoms with Crippen LogP contribution in [0.25, 0.3) is 0 Å². The molecule has 2 aromatic rings. The Morgan fingerprint density at radius 1 is 1.11 bits per heavy atom. The summed E-state index contributed by atoms with van der Waals surface area (Å²) in [6.45, 7) is 3.72. The van der Waals surface area contributed by atoms with E-state index >= 15 is 0 Å². The Labute approximate surface area is 158 Å². The number of nitrogens with one attached hydrogen (secondary N) is 2. The van der Waals surface area contributed by atoms with E-state index in [1.807, 2.05) is 0 Å². The number of urea groups is 1. The normalized spacial score (nSPS) is 20.0. The van der Waals surface area contributed by atoms with Crippen LogP contribution >= 0.6 is 11.6 Å². The Balaban J connectivity index is 2.02. The van der Waals surface area contributed by atoms with Crippen LogP contribution in [0.4, 0.5) is 18.0 Å². The van der Waals surface area contributed by atoms with Gasteiger partial charge in [-0.3, -0.25) is 4.79 Å². The lowest BCUT2D eigenvalue weighted by Crippen LogP contribution is -2.50. The molecule has 1 aliphatic rings. The van der Waals surface area contributed by atoms with Crippen LogP contribution in [-0.2, 0) is 6.18 Å². The van der Waals surface area contributed by atoms with Crippen molar-refractivity contribution in [3.63, 3.8) is 0 Å². The monoisotopic (exact) mass is 394 g/mol. The Bertz CT molecular complexity index is 910. The smallest absolute Gasteiger partial charge is 0.330 e. The maximum atomic E-state index is 13.1. The summed E-state index contributed by atoms with van der Waals surface area (Å²) in [5, 5.41) is 5.39. The van der Waals surface area contributed by atoms with Gasteiger partial charge < -0.3 is 10.6 Å². The maximum absolute atomic E-state index is 13.1. The summed E-state index contributed by atoms with van der Waals surface area (Å²) >= 11 is 5.83. The maximum Gasteiger partial charge on any atom is 0.416 e. The van der Waals surface area contributed by atoms with Crippen molar-refractivity contribution in [2.24, 2.45) is 5.92 Å². The van der Waals surface area contributed by atoms with E-state index in [9.17, 15) is 22.8 Å². The second-order valence-electron chi connectivity index (χ2n) is 6.07. The van der Waals surface area contributed by atoms with Crippen LogP contribution < -0.4 is 10.6 Å². The predicted molar refractivity (Wildman–Crippen MR) is 94.3 cm³/mol. The highest BCUT2D eigenvalue weighted by Crippen LogP contribution is 2.36.